The minimum atomic E-state index is -1.11. The van der Waals surface area contributed by atoms with E-state index in [2.05, 4.69) is 0 Å². The average Bonchev–Trinajstić information content (AvgIpc) is 2.87. The molecule has 1 aliphatic heterocycles. The van der Waals surface area contributed by atoms with Crippen molar-refractivity contribution in [3.63, 3.8) is 0 Å². The van der Waals surface area contributed by atoms with Crippen LogP contribution in [0.3, 0.4) is 0 Å². The Labute approximate surface area is 167 Å². The van der Waals surface area contributed by atoms with Crippen LogP contribution >= 0.6 is 0 Å². The second-order valence-electron chi connectivity index (χ2n) is 6.74. The Bertz CT molecular complexity index is 893. The van der Waals surface area contributed by atoms with E-state index in [1.54, 1.807) is 24.3 Å². The molecule has 0 aromatic heterocycles. The summed E-state index contributed by atoms with van der Waals surface area (Å²) in [6.45, 7) is 0. The van der Waals surface area contributed by atoms with Crippen molar-refractivity contribution < 1.29 is 24.0 Å². The summed E-state index contributed by atoms with van der Waals surface area (Å²) in [5.41, 5.74) is 0.645. The molecule has 0 unspecified atom stereocenters. The van der Waals surface area contributed by atoms with Crippen LogP contribution in [0.4, 0.5) is 5.69 Å². The zero-order chi connectivity index (χ0) is 20.8. The second-order valence-corrected chi connectivity index (χ2v) is 6.74. The Hall–Kier alpha value is -3.55. The fourth-order valence-corrected chi connectivity index (χ4v) is 3.22. The maximum atomic E-state index is 12.9. The first-order chi connectivity index (χ1) is 14.0. The first-order valence-corrected chi connectivity index (χ1v) is 9.30. The minimum Gasteiger partial charge on any atom is -0.425 e. The van der Waals surface area contributed by atoms with E-state index < -0.39 is 28.7 Å². The van der Waals surface area contributed by atoms with Gasteiger partial charge in [-0.05, 0) is 30.5 Å². The smallest absolute Gasteiger partial charge is 0.335 e. The molecule has 1 atom stereocenters. The molecule has 2 aromatic rings. The van der Waals surface area contributed by atoms with Crippen LogP contribution in [0.15, 0.2) is 54.6 Å². The van der Waals surface area contributed by atoms with Gasteiger partial charge in [0, 0.05) is 31.4 Å². The summed E-state index contributed by atoms with van der Waals surface area (Å²) in [6, 6.07) is 13.0. The van der Waals surface area contributed by atoms with E-state index in [9.17, 15) is 24.5 Å². The number of carbonyl (C=O) groups is 3. The van der Waals surface area contributed by atoms with Crippen molar-refractivity contribution >= 4 is 23.5 Å². The normalized spacial score (nSPS) is 15.5. The predicted octanol–water partition coefficient (Wildman–Crippen LogP) is 3.04. The van der Waals surface area contributed by atoms with Crippen LogP contribution in [-0.4, -0.2) is 33.6 Å². The summed E-state index contributed by atoms with van der Waals surface area (Å²) in [5, 5.41) is 10.8. The van der Waals surface area contributed by atoms with Crippen molar-refractivity contribution in [2.45, 2.75) is 38.1 Å². The van der Waals surface area contributed by atoms with Crippen LogP contribution in [0.25, 0.3) is 0 Å². The highest BCUT2D eigenvalue weighted by Crippen LogP contribution is 2.22. The predicted molar refractivity (Wildman–Crippen MR) is 103 cm³/mol. The van der Waals surface area contributed by atoms with Crippen LogP contribution in [0, 0.1) is 10.1 Å². The van der Waals surface area contributed by atoms with Crippen LogP contribution < -0.4 is 4.74 Å². The third-order valence-electron chi connectivity index (χ3n) is 4.69. The molecule has 8 nitrogen and oxygen atoms in total. The lowest BCUT2D eigenvalue weighted by atomic mass is 10.0. The summed E-state index contributed by atoms with van der Waals surface area (Å²) < 4.78 is 5.37. The number of esters is 1. The first-order valence-electron chi connectivity index (χ1n) is 9.30. The van der Waals surface area contributed by atoms with E-state index in [1.807, 2.05) is 6.07 Å². The monoisotopic (exact) mass is 396 g/mol. The summed E-state index contributed by atoms with van der Waals surface area (Å²) in [4.78, 5) is 49.3. The molecule has 1 heterocycles. The molecular formula is C21H20N2O6. The maximum Gasteiger partial charge on any atom is 0.335 e. The van der Waals surface area contributed by atoms with Gasteiger partial charge in [0.05, 0.1) is 4.92 Å². The first kappa shape index (κ1) is 20.2. The molecule has 1 aliphatic rings. The van der Waals surface area contributed by atoms with Gasteiger partial charge in [0.15, 0.2) is 0 Å². The van der Waals surface area contributed by atoms with E-state index in [1.165, 1.54) is 24.3 Å². The fraction of sp³-hybridized carbons (Fsp3) is 0.286. The van der Waals surface area contributed by atoms with E-state index in [4.69, 9.17) is 4.74 Å². The third-order valence-corrected chi connectivity index (χ3v) is 4.69. The van der Waals surface area contributed by atoms with E-state index in [-0.39, 0.29) is 30.7 Å². The van der Waals surface area contributed by atoms with Crippen molar-refractivity contribution in [2.24, 2.45) is 0 Å². The van der Waals surface area contributed by atoms with Crippen molar-refractivity contribution in [3.05, 3.63) is 70.3 Å². The van der Waals surface area contributed by atoms with Gasteiger partial charge < -0.3 is 4.74 Å². The Morgan fingerprint density at radius 2 is 1.59 bits per heavy atom. The minimum absolute atomic E-state index is 0.105. The molecule has 0 bridgehead atoms. The number of imide groups is 1. The highest BCUT2D eigenvalue weighted by molar-refractivity contribution is 6.00. The van der Waals surface area contributed by atoms with Crippen molar-refractivity contribution in [2.75, 3.05) is 0 Å². The summed E-state index contributed by atoms with van der Waals surface area (Å²) in [7, 11) is 0. The van der Waals surface area contributed by atoms with Gasteiger partial charge in [-0.1, -0.05) is 30.3 Å². The number of hydrogen-bond donors (Lipinski definition) is 0. The SMILES string of the molecule is O=C(Oc1ccc([N+](=O)[O-])cc1)[C@H](Cc1ccccc1)N1C(=O)CCCCC1=O. The number of nitro benzene ring substituents is 1. The highest BCUT2D eigenvalue weighted by atomic mass is 16.6. The van der Waals surface area contributed by atoms with Gasteiger partial charge in [0.2, 0.25) is 11.8 Å². The van der Waals surface area contributed by atoms with Gasteiger partial charge in [0.25, 0.3) is 5.69 Å². The number of ether oxygens (including phenoxy) is 1. The molecule has 1 fully saturated rings. The Kier molecular flexibility index (Phi) is 6.33. The molecule has 8 heteroatoms. The van der Waals surface area contributed by atoms with Crippen LogP contribution in [0.2, 0.25) is 0 Å². The molecule has 0 spiro atoms. The highest BCUT2D eigenvalue weighted by Gasteiger charge is 2.37. The summed E-state index contributed by atoms with van der Waals surface area (Å²) in [6.07, 6.45) is 1.71. The lowest BCUT2D eigenvalue weighted by molar-refractivity contribution is -0.384. The molecule has 2 amide bonds. The standard InChI is InChI=1S/C21H20N2O6/c24-19-8-4-5-9-20(25)22(19)18(14-15-6-2-1-3-7-15)21(26)29-17-12-10-16(11-13-17)23(27)28/h1-3,6-7,10-13,18H,4-5,8-9,14H2/t18-/m0/s1. The van der Waals surface area contributed by atoms with Gasteiger partial charge in [0.1, 0.15) is 11.8 Å². The maximum absolute atomic E-state index is 12.9. The molecular weight excluding hydrogens is 376 g/mol. The number of hydrogen-bond acceptors (Lipinski definition) is 6. The largest absolute Gasteiger partial charge is 0.425 e. The molecule has 0 aliphatic carbocycles. The van der Waals surface area contributed by atoms with Crippen molar-refractivity contribution in [1.29, 1.82) is 0 Å². The number of carbonyl (C=O) groups excluding carboxylic acids is 3. The number of likely N-dealkylation sites (tertiary alicyclic amines) is 1. The van der Waals surface area contributed by atoms with Crippen LogP contribution in [-0.2, 0) is 20.8 Å². The van der Waals surface area contributed by atoms with E-state index in [0.29, 0.717) is 12.8 Å². The zero-order valence-electron chi connectivity index (χ0n) is 15.7. The number of rotatable bonds is 6. The van der Waals surface area contributed by atoms with Crippen LogP contribution in [0.1, 0.15) is 31.2 Å². The van der Waals surface area contributed by atoms with Gasteiger partial charge >= 0.3 is 5.97 Å². The summed E-state index contributed by atoms with van der Waals surface area (Å²) in [5.74, 6) is -1.44. The molecule has 150 valence electrons. The number of amides is 2. The fourth-order valence-electron chi connectivity index (χ4n) is 3.22. The van der Waals surface area contributed by atoms with Gasteiger partial charge in [-0.25, -0.2) is 4.79 Å². The number of nitro groups is 1. The molecule has 29 heavy (non-hydrogen) atoms. The van der Waals surface area contributed by atoms with E-state index >= 15 is 0 Å². The van der Waals surface area contributed by atoms with Crippen molar-refractivity contribution in [1.82, 2.24) is 4.90 Å². The average molecular weight is 396 g/mol. The number of nitrogens with zero attached hydrogens (tertiary/aromatic N) is 2. The molecule has 2 aromatic carbocycles. The topological polar surface area (TPSA) is 107 Å². The van der Waals surface area contributed by atoms with Crippen molar-refractivity contribution in [3.8, 4) is 5.75 Å². The molecule has 3 rings (SSSR count). The zero-order valence-corrected chi connectivity index (χ0v) is 15.7. The lowest BCUT2D eigenvalue weighted by Gasteiger charge is -2.27. The molecule has 0 radical (unpaired) electrons. The van der Waals surface area contributed by atoms with Crippen LogP contribution in [0.5, 0.6) is 5.75 Å². The lowest BCUT2D eigenvalue weighted by Crippen LogP contribution is -2.50. The molecule has 1 saturated heterocycles. The Balaban J connectivity index is 1.86. The quantitative estimate of drug-likeness (QED) is 0.244. The number of benzene rings is 2. The Morgan fingerprint density at radius 1 is 1.00 bits per heavy atom. The number of non-ortho nitro benzene ring substituents is 1. The summed E-state index contributed by atoms with van der Waals surface area (Å²) >= 11 is 0. The van der Waals surface area contributed by atoms with E-state index in [0.717, 1.165) is 10.5 Å². The van der Waals surface area contributed by atoms with Gasteiger partial charge in [-0.2, -0.15) is 0 Å². The Morgan fingerprint density at radius 3 is 2.14 bits per heavy atom. The molecule has 0 saturated carbocycles. The second kappa shape index (κ2) is 9.09. The molecule has 0 N–H and O–H groups in total. The van der Waals surface area contributed by atoms with Gasteiger partial charge in [-0.15, -0.1) is 0 Å². The third kappa shape index (κ3) is 5.04. The van der Waals surface area contributed by atoms with Gasteiger partial charge in [-0.3, -0.25) is 24.6 Å².